The Hall–Kier alpha value is 0.440. The number of rotatable bonds is 4. The summed E-state index contributed by atoms with van der Waals surface area (Å²) < 4.78 is 0. The Balaban J connectivity index is 1.87. The number of halogens is 1. The minimum Gasteiger partial charge on any atom is -0.302 e. The first-order chi connectivity index (χ1) is 8.15. The molecule has 1 aliphatic carbocycles. The van der Waals surface area contributed by atoms with Gasteiger partial charge in [0.15, 0.2) is 0 Å². The fraction of sp³-hybridized carbons (Fsp3) is 1.00. The lowest BCUT2D eigenvalue weighted by Crippen LogP contribution is -2.39. The normalized spacial score (nSPS) is 30.0. The molecule has 1 saturated carbocycles. The Labute approximate surface area is 115 Å². The van der Waals surface area contributed by atoms with Gasteiger partial charge >= 0.3 is 0 Å². The summed E-state index contributed by atoms with van der Waals surface area (Å²) in [6, 6.07) is 0. The van der Waals surface area contributed by atoms with E-state index in [1.54, 1.807) is 0 Å². The Morgan fingerprint density at radius 2 is 1.94 bits per heavy atom. The maximum Gasteiger partial charge on any atom is 0.0100 e. The van der Waals surface area contributed by atoms with Crippen molar-refractivity contribution in [3.8, 4) is 0 Å². The van der Waals surface area contributed by atoms with Crippen LogP contribution in [-0.4, -0.2) is 29.9 Å². The smallest absolute Gasteiger partial charge is 0.0100 e. The quantitative estimate of drug-likeness (QED) is 0.699. The molecule has 1 atom stereocenters. The maximum absolute atomic E-state index is 3.79. The van der Waals surface area contributed by atoms with Crippen LogP contribution in [0.1, 0.15) is 52.4 Å². The van der Waals surface area contributed by atoms with E-state index in [4.69, 9.17) is 0 Å². The average Bonchev–Trinajstić information content (AvgIpc) is 2.79. The van der Waals surface area contributed by atoms with E-state index in [0.29, 0.717) is 5.41 Å². The third-order valence-electron chi connectivity index (χ3n) is 5.01. The van der Waals surface area contributed by atoms with Crippen molar-refractivity contribution in [2.75, 3.05) is 25.0 Å². The second-order valence-corrected chi connectivity index (χ2v) is 7.28. The predicted octanol–water partition coefficient (Wildman–Crippen LogP) is 4.31. The standard InChI is InChI=1S/C15H28BrN/c1-13(2)14-6-9-17(10-14)12-15(11-16)7-4-3-5-8-15/h13-14H,3-12H2,1-2H3. The first kappa shape index (κ1) is 13.9. The summed E-state index contributed by atoms with van der Waals surface area (Å²) in [5.74, 6) is 1.82. The molecule has 0 spiro atoms. The Kier molecular flexibility index (Phi) is 4.94. The van der Waals surface area contributed by atoms with Crippen molar-refractivity contribution < 1.29 is 0 Å². The van der Waals surface area contributed by atoms with E-state index in [0.717, 1.165) is 11.8 Å². The van der Waals surface area contributed by atoms with Crippen LogP contribution in [0.5, 0.6) is 0 Å². The molecule has 2 rings (SSSR count). The van der Waals surface area contributed by atoms with Crippen LogP contribution < -0.4 is 0 Å². The largest absolute Gasteiger partial charge is 0.302 e. The van der Waals surface area contributed by atoms with Crippen molar-refractivity contribution >= 4 is 15.9 Å². The molecule has 100 valence electrons. The summed E-state index contributed by atoms with van der Waals surface area (Å²) in [4.78, 5) is 2.75. The van der Waals surface area contributed by atoms with E-state index in [9.17, 15) is 0 Å². The molecule has 0 aromatic carbocycles. The topological polar surface area (TPSA) is 3.24 Å². The van der Waals surface area contributed by atoms with E-state index < -0.39 is 0 Å². The molecule has 0 radical (unpaired) electrons. The molecule has 1 unspecified atom stereocenters. The van der Waals surface area contributed by atoms with E-state index in [1.165, 1.54) is 63.5 Å². The van der Waals surface area contributed by atoms with Gasteiger partial charge in [-0.2, -0.15) is 0 Å². The zero-order valence-corrected chi connectivity index (χ0v) is 13.1. The molecule has 17 heavy (non-hydrogen) atoms. The van der Waals surface area contributed by atoms with Gasteiger partial charge in [0.05, 0.1) is 0 Å². The van der Waals surface area contributed by atoms with Gasteiger partial charge in [-0.1, -0.05) is 49.0 Å². The van der Waals surface area contributed by atoms with Crippen LogP contribution >= 0.6 is 15.9 Å². The molecule has 1 aliphatic heterocycles. The van der Waals surface area contributed by atoms with Crippen LogP contribution in [0, 0.1) is 17.3 Å². The number of hydrogen-bond donors (Lipinski definition) is 0. The fourth-order valence-corrected chi connectivity index (χ4v) is 4.40. The molecule has 0 aromatic heterocycles. The number of likely N-dealkylation sites (tertiary alicyclic amines) is 1. The second kappa shape index (κ2) is 6.06. The highest BCUT2D eigenvalue weighted by Crippen LogP contribution is 2.39. The summed E-state index contributed by atoms with van der Waals surface area (Å²) in [5, 5.41) is 1.21. The van der Waals surface area contributed by atoms with E-state index in [-0.39, 0.29) is 0 Å². The predicted molar refractivity (Wildman–Crippen MR) is 78.7 cm³/mol. The van der Waals surface area contributed by atoms with Gasteiger partial charge in [-0.3, -0.25) is 0 Å². The molecule has 0 bridgehead atoms. The van der Waals surface area contributed by atoms with Gasteiger partial charge in [0.25, 0.3) is 0 Å². The van der Waals surface area contributed by atoms with Crippen LogP contribution in [0.3, 0.4) is 0 Å². The minimum absolute atomic E-state index is 0.601. The molecule has 1 heterocycles. The van der Waals surface area contributed by atoms with E-state index >= 15 is 0 Å². The van der Waals surface area contributed by atoms with Crippen LogP contribution in [0.15, 0.2) is 0 Å². The van der Waals surface area contributed by atoms with Gasteiger partial charge in [-0.25, -0.2) is 0 Å². The molecule has 1 nitrogen and oxygen atoms in total. The zero-order chi connectivity index (χ0) is 12.3. The first-order valence-electron chi connectivity index (χ1n) is 7.43. The van der Waals surface area contributed by atoms with Crippen LogP contribution in [0.2, 0.25) is 0 Å². The second-order valence-electron chi connectivity index (χ2n) is 6.72. The Morgan fingerprint density at radius 1 is 1.24 bits per heavy atom. The SMILES string of the molecule is CC(C)C1CCN(CC2(CBr)CCCCC2)C1. The van der Waals surface area contributed by atoms with E-state index in [2.05, 4.69) is 34.7 Å². The van der Waals surface area contributed by atoms with Crippen molar-refractivity contribution in [2.45, 2.75) is 52.4 Å². The number of hydrogen-bond acceptors (Lipinski definition) is 1. The maximum atomic E-state index is 3.79. The molecule has 1 saturated heterocycles. The average molecular weight is 302 g/mol. The highest BCUT2D eigenvalue weighted by molar-refractivity contribution is 9.09. The van der Waals surface area contributed by atoms with Crippen molar-refractivity contribution in [2.24, 2.45) is 17.3 Å². The summed E-state index contributed by atoms with van der Waals surface area (Å²) in [7, 11) is 0. The highest BCUT2D eigenvalue weighted by atomic mass is 79.9. The zero-order valence-electron chi connectivity index (χ0n) is 11.6. The summed E-state index contributed by atoms with van der Waals surface area (Å²) >= 11 is 3.79. The molecule has 0 aromatic rings. The fourth-order valence-electron chi connectivity index (χ4n) is 3.66. The molecular weight excluding hydrogens is 274 g/mol. The van der Waals surface area contributed by atoms with Gasteiger partial charge in [0, 0.05) is 18.4 Å². The summed E-state index contributed by atoms with van der Waals surface area (Å²) in [5.41, 5.74) is 0.601. The lowest BCUT2D eigenvalue weighted by atomic mass is 9.75. The molecule has 0 N–H and O–H groups in total. The lowest BCUT2D eigenvalue weighted by Gasteiger charge is -2.39. The first-order valence-corrected chi connectivity index (χ1v) is 8.56. The highest BCUT2D eigenvalue weighted by Gasteiger charge is 2.35. The van der Waals surface area contributed by atoms with Gasteiger partial charge in [-0.15, -0.1) is 0 Å². The molecule has 2 aliphatic rings. The molecule has 2 heteroatoms. The van der Waals surface area contributed by atoms with Crippen molar-refractivity contribution in [1.29, 1.82) is 0 Å². The van der Waals surface area contributed by atoms with Gasteiger partial charge < -0.3 is 4.90 Å². The molecule has 2 fully saturated rings. The Morgan fingerprint density at radius 3 is 2.47 bits per heavy atom. The summed E-state index contributed by atoms with van der Waals surface area (Å²) in [6.45, 7) is 8.82. The summed E-state index contributed by atoms with van der Waals surface area (Å²) in [6.07, 6.45) is 8.68. The number of nitrogens with zero attached hydrogens (tertiary/aromatic N) is 1. The van der Waals surface area contributed by atoms with Gasteiger partial charge in [0.1, 0.15) is 0 Å². The minimum atomic E-state index is 0.601. The Bertz CT molecular complexity index is 233. The van der Waals surface area contributed by atoms with Crippen molar-refractivity contribution in [1.82, 2.24) is 4.90 Å². The third-order valence-corrected chi connectivity index (χ3v) is 6.20. The lowest BCUT2D eigenvalue weighted by molar-refractivity contribution is 0.140. The monoisotopic (exact) mass is 301 g/mol. The van der Waals surface area contributed by atoms with Crippen molar-refractivity contribution in [3.63, 3.8) is 0 Å². The molecular formula is C15H28BrN. The van der Waals surface area contributed by atoms with Gasteiger partial charge in [-0.05, 0) is 43.1 Å². The van der Waals surface area contributed by atoms with Crippen LogP contribution in [0.25, 0.3) is 0 Å². The van der Waals surface area contributed by atoms with Crippen LogP contribution in [0.4, 0.5) is 0 Å². The van der Waals surface area contributed by atoms with E-state index in [1.807, 2.05) is 0 Å². The van der Waals surface area contributed by atoms with Crippen molar-refractivity contribution in [3.05, 3.63) is 0 Å². The third kappa shape index (κ3) is 3.47. The van der Waals surface area contributed by atoms with Gasteiger partial charge in [0.2, 0.25) is 0 Å². The molecule has 0 amide bonds. The number of alkyl halides is 1. The van der Waals surface area contributed by atoms with Crippen LogP contribution in [-0.2, 0) is 0 Å².